The first-order valence-corrected chi connectivity index (χ1v) is 4.65. The van der Waals surface area contributed by atoms with E-state index in [0.29, 0.717) is 0 Å². The molecule has 1 saturated carbocycles. The number of carbonyl (C=O) groups excluding carboxylic acids is 1. The Kier molecular flexibility index (Phi) is 3.53. The summed E-state index contributed by atoms with van der Waals surface area (Å²) >= 11 is 0. The van der Waals surface area contributed by atoms with E-state index in [1.165, 1.54) is 19.3 Å². The fraction of sp³-hybridized carbons (Fsp3) is 0.889. The van der Waals surface area contributed by atoms with Gasteiger partial charge in [0.2, 0.25) is 5.91 Å². The molecule has 0 spiro atoms. The molecule has 0 aromatic heterocycles. The van der Waals surface area contributed by atoms with E-state index in [2.05, 4.69) is 0 Å². The Morgan fingerprint density at radius 3 is 2.50 bits per heavy atom. The molecule has 0 bridgehead atoms. The van der Waals surface area contributed by atoms with E-state index in [-0.39, 0.29) is 12.0 Å². The van der Waals surface area contributed by atoms with Gasteiger partial charge in [-0.2, -0.15) is 0 Å². The monoisotopic (exact) mass is 171 g/mol. The first kappa shape index (κ1) is 9.52. The van der Waals surface area contributed by atoms with Crippen molar-refractivity contribution in [2.75, 3.05) is 0 Å². The second-order valence-corrected chi connectivity index (χ2v) is 3.44. The maximum atomic E-state index is 10.7. The van der Waals surface area contributed by atoms with Crippen molar-refractivity contribution in [2.45, 2.75) is 51.2 Å². The molecule has 1 rings (SSSR count). The van der Waals surface area contributed by atoms with Crippen molar-refractivity contribution in [1.82, 2.24) is 0 Å². The second kappa shape index (κ2) is 4.45. The highest BCUT2D eigenvalue weighted by atomic mass is 16.5. The SMILES string of the molecule is CC(OC1CCCCC1)C(N)=O. The molecule has 1 unspecified atom stereocenters. The summed E-state index contributed by atoms with van der Waals surface area (Å²) in [6.45, 7) is 1.72. The number of hydrogen-bond donors (Lipinski definition) is 1. The summed E-state index contributed by atoms with van der Waals surface area (Å²) in [4.78, 5) is 10.7. The van der Waals surface area contributed by atoms with Gasteiger partial charge in [0.15, 0.2) is 0 Å². The Balaban J connectivity index is 2.24. The predicted molar refractivity (Wildman–Crippen MR) is 46.6 cm³/mol. The molecule has 1 aliphatic rings. The first-order valence-electron chi connectivity index (χ1n) is 4.65. The van der Waals surface area contributed by atoms with Gasteiger partial charge < -0.3 is 10.5 Å². The zero-order valence-electron chi connectivity index (χ0n) is 7.58. The van der Waals surface area contributed by atoms with E-state index in [4.69, 9.17) is 10.5 Å². The standard InChI is InChI=1S/C9H17NO2/c1-7(9(10)11)12-8-5-3-2-4-6-8/h7-8H,2-6H2,1H3,(H2,10,11). The molecular weight excluding hydrogens is 154 g/mol. The summed E-state index contributed by atoms with van der Waals surface area (Å²) in [5.41, 5.74) is 5.09. The maximum absolute atomic E-state index is 10.7. The van der Waals surface area contributed by atoms with Gasteiger partial charge in [0.25, 0.3) is 0 Å². The number of ether oxygens (including phenoxy) is 1. The lowest BCUT2D eigenvalue weighted by atomic mass is 9.98. The fourth-order valence-corrected chi connectivity index (χ4v) is 1.56. The van der Waals surface area contributed by atoms with Crippen LogP contribution in [0.2, 0.25) is 0 Å². The van der Waals surface area contributed by atoms with Gasteiger partial charge in [-0.05, 0) is 19.8 Å². The molecule has 1 amide bonds. The molecule has 2 N–H and O–H groups in total. The van der Waals surface area contributed by atoms with Crippen molar-refractivity contribution >= 4 is 5.91 Å². The summed E-state index contributed by atoms with van der Waals surface area (Å²) in [6.07, 6.45) is 5.74. The van der Waals surface area contributed by atoms with E-state index in [9.17, 15) is 4.79 Å². The average molecular weight is 171 g/mol. The van der Waals surface area contributed by atoms with Gasteiger partial charge in [-0.25, -0.2) is 0 Å². The quantitative estimate of drug-likeness (QED) is 0.694. The number of amides is 1. The Morgan fingerprint density at radius 1 is 1.42 bits per heavy atom. The minimum Gasteiger partial charge on any atom is -0.367 e. The minimum absolute atomic E-state index is 0.265. The van der Waals surface area contributed by atoms with Crippen molar-refractivity contribution in [2.24, 2.45) is 5.73 Å². The summed E-state index contributed by atoms with van der Waals surface area (Å²) < 4.78 is 5.48. The molecule has 12 heavy (non-hydrogen) atoms. The lowest BCUT2D eigenvalue weighted by Gasteiger charge is -2.24. The number of nitrogens with two attached hydrogens (primary N) is 1. The number of rotatable bonds is 3. The van der Waals surface area contributed by atoms with E-state index < -0.39 is 6.10 Å². The summed E-state index contributed by atoms with van der Waals surface area (Å²) in [7, 11) is 0. The maximum Gasteiger partial charge on any atom is 0.246 e. The molecule has 0 heterocycles. The van der Waals surface area contributed by atoms with Crippen LogP contribution in [0.15, 0.2) is 0 Å². The van der Waals surface area contributed by atoms with Crippen LogP contribution in [-0.4, -0.2) is 18.1 Å². The lowest BCUT2D eigenvalue weighted by Crippen LogP contribution is -2.32. The molecule has 0 saturated heterocycles. The van der Waals surface area contributed by atoms with Crippen molar-refractivity contribution in [3.8, 4) is 0 Å². The highest BCUT2D eigenvalue weighted by molar-refractivity contribution is 5.78. The van der Waals surface area contributed by atoms with Gasteiger partial charge in [-0.15, -0.1) is 0 Å². The Hall–Kier alpha value is -0.570. The van der Waals surface area contributed by atoms with E-state index in [1.807, 2.05) is 0 Å². The van der Waals surface area contributed by atoms with Gasteiger partial charge in [-0.3, -0.25) is 4.79 Å². The minimum atomic E-state index is -0.423. The Bertz CT molecular complexity index is 153. The van der Waals surface area contributed by atoms with Gasteiger partial charge >= 0.3 is 0 Å². The van der Waals surface area contributed by atoms with E-state index in [1.54, 1.807) is 6.92 Å². The third kappa shape index (κ3) is 2.81. The molecule has 0 aliphatic heterocycles. The number of carbonyl (C=O) groups is 1. The van der Waals surface area contributed by atoms with Crippen molar-refractivity contribution in [3.05, 3.63) is 0 Å². The van der Waals surface area contributed by atoms with Crippen molar-refractivity contribution in [3.63, 3.8) is 0 Å². The van der Waals surface area contributed by atoms with Crippen LogP contribution in [0.5, 0.6) is 0 Å². The van der Waals surface area contributed by atoms with Crippen LogP contribution in [0.4, 0.5) is 0 Å². The Labute approximate surface area is 73.3 Å². The Morgan fingerprint density at radius 2 is 2.00 bits per heavy atom. The smallest absolute Gasteiger partial charge is 0.246 e. The fourth-order valence-electron chi connectivity index (χ4n) is 1.56. The van der Waals surface area contributed by atoms with Gasteiger partial charge in [0, 0.05) is 0 Å². The molecule has 1 aliphatic carbocycles. The van der Waals surface area contributed by atoms with E-state index in [0.717, 1.165) is 12.8 Å². The third-order valence-electron chi connectivity index (χ3n) is 2.35. The number of primary amides is 1. The molecule has 0 aromatic rings. The normalized spacial score (nSPS) is 22.1. The molecular formula is C9H17NO2. The molecule has 1 fully saturated rings. The molecule has 3 nitrogen and oxygen atoms in total. The van der Waals surface area contributed by atoms with Crippen LogP contribution < -0.4 is 5.73 Å². The van der Waals surface area contributed by atoms with Crippen LogP contribution in [0.3, 0.4) is 0 Å². The first-order chi connectivity index (χ1) is 5.70. The van der Waals surface area contributed by atoms with Crippen molar-refractivity contribution < 1.29 is 9.53 Å². The summed E-state index contributed by atoms with van der Waals surface area (Å²) in [5.74, 6) is -0.361. The molecule has 3 heteroatoms. The zero-order chi connectivity index (χ0) is 8.97. The van der Waals surface area contributed by atoms with Crippen LogP contribution >= 0.6 is 0 Å². The molecule has 0 radical (unpaired) electrons. The lowest BCUT2D eigenvalue weighted by molar-refractivity contribution is -0.133. The molecule has 1 atom stereocenters. The van der Waals surface area contributed by atoms with E-state index >= 15 is 0 Å². The average Bonchev–Trinajstić information content (AvgIpc) is 2.06. The third-order valence-corrected chi connectivity index (χ3v) is 2.35. The van der Waals surface area contributed by atoms with Crippen LogP contribution in [0, 0.1) is 0 Å². The second-order valence-electron chi connectivity index (χ2n) is 3.44. The molecule has 70 valence electrons. The van der Waals surface area contributed by atoms with Gasteiger partial charge in [0.1, 0.15) is 6.10 Å². The van der Waals surface area contributed by atoms with Crippen LogP contribution in [0.25, 0.3) is 0 Å². The van der Waals surface area contributed by atoms with Crippen molar-refractivity contribution in [1.29, 1.82) is 0 Å². The number of hydrogen-bond acceptors (Lipinski definition) is 2. The van der Waals surface area contributed by atoms with Gasteiger partial charge in [-0.1, -0.05) is 19.3 Å². The topological polar surface area (TPSA) is 52.3 Å². The zero-order valence-corrected chi connectivity index (χ0v) is 7.58. The highest BCUT2D eigenvalue weighted by Crippen LogP contribution is 2.21. The summed E-state index contributed by atoms with van der Waals surface area (Å²) in [5, 5.41) is 0. The highest BCUT2D eigenvalue weighted by Gasteiger charge is 2.18. The largest absolute Gasteiger partial charge is 0.367 e. The van der Waals surface area contributed by atoms with Crippen LogP contribution in [-0.2, 0) is 9.53 Å². The molecule has 0 aromatic carbocycles. The van der Waals surface area contributed by atoms with Gasteiger partial charge in [0.05, 0.1) is 6.10 Å². The summed E-state index contributed by atoms with van der Waals surface area (Å²) in [6, 6.07) is 0. The van der Waals surface area contributed by atoms with Crippen LogP contribution in [0.1, 0.15) is 39.0 Å². The predicted octanol–water partition coefficient (Wildman–Crippen LogP) is 1.21.